The Bertz CT molecular complexity index is 959. The number of carbonyl (C=O) groups is 1. The van der Waals surface area contributed by atoms with Gasteiger partial charge in [0.1, 0.15) is 18.1 Å². The van der Waals surface area contributed by atoms with Gasteiger partial charge in [-0.1, -0.05) is 29.5 Å². The number of aromatic nitrogens is 4. The summed E-state index contributed by atoms with van der Waals surface area (Å²) in [5.41, 5.74) is 3.06. The van der Waals surface area contributed by atoms with Crippen molar-refractivity contribution in [1.29, 1.82) is 0 Å². The van der Waals surface area contributed by atoms with Crippen molar-refractivity contribution in [3.63, 3.8) is 0 Å². The Balaban J connectivity index is 1.44. The summed E-state index contributed by atoms with van der Waals surface area (Å²) in [5.74, 6) is 1.68. The first kappa shape index (κ1) is 20.7. The van der Waals surface area contributed by atoms with Gasteiger partial charge in [-0.15, -0.1) is 5.10 Å². The molecule has 1 aromatic heterocycles. The minimum Gasteiger partial charge on any atom is -0.497 e. The van der Waals surface area contributed by atoms with Crippen LogP contribution in [0.5, 0.6) is 11.5 Å². The first-order chi connectivity index (χ1) is 14.1. The van der Waals surface area contributed by atoms with Crippen molar-refractivity contribution in [2.45, 2.75) is 19.0 Å². The summed E-state index contributed by atoms with van der Waals surface area (Å²) in [6.45, 7) is 4.88. The molecule has 0 aliphatic rings. The Labute approximate surface area is 173 Å². The smallest absolute Gasteiger partial charge is 0.230 e. The number of methoxy groups -OCH3 is 1. The molecule has 0 atom stereocenters. The monoisotopic (exact) mass is 413 g/mol. The van der Waals surface area contributed by atoms with Crippen molar-refractivity contribution in [1.82, 2.24) is 25.5 Å². The molecule has 2 aromatic carbocycles. The molecule has 0 unspecified atom stereocenters. The third-order valence-electron chi connectivity index (χ3n) is 4.10. The van der Waals surface area contributed by atoms with E-state index in [-0.39, 0.29) is 11.7 Å². The van der Waals surface area contributed by atoms with Crippen LogP contribution in [0.25, 0.3) is 5.69 Å². The molecule has 0 bridgehead atoms. The zero-order chi connectivity index (χ0) is 20.6. The molecule has 152 valence electrons. The van der Waals surface area contributed by atoms with Gasteiger partial charge in [-0.25, -0.2) is 0 Å². The number of ether oxygens (including phenoxy) is 2. The van der Waals surface area contributed by atoms with Crippen LogP contribution in [-0.4, -0.2) is 52.1 Å². The first-order valence-electron chi connectivity index (χ1n) is 9.09. The van der Waals surface area contributed by atoms with E-state index in [0.717, 1.165) is 22.7 Å². The van der Waals surface area contributed by atoms with Crippen LogP contribution in [-0.2, 0) is 4.79 Å². The second-order valence-electron chi connectivity index (χ2n) is 6.33. The van der Waals surface area contributed by atoms with E-state index in [2.05, 4.69) is 26.9 Å². The van der Waals surface area contributed by atoms with Crippen LogP contribution in [0.1, 0.15) is 11.1 Å². The van der Waals surface area contributed by atoms with Gasteiger partial charge in [0.05, 0.1) is 25.1 Å². The molecular formula is C20H23N5O3S. The average Bonchev–Trinajstić information content (AvgIpc) is 3.19. The average molecular weight is 414 g/mol. The van der Waals surface area contributed by atoms with Gasteiger partial charge in [-0.05, 0) is 60.2 Å². The van der Waals surface area contributed by atoms with Crippen LogP contribution in [0.2, 0.25) is 0 Å². The van der Waals surface area contributed by atoms with Crippen molar-refractivity contribution in [2.24, 2.45) is 0 Å². The van der Waals surface area contributed by atoms with E-state index in [1.807, 2.05) is 50.2 Å². The molecule has 0 aliphatic heterocycles. The van der Waals surface area contributed by atoms with Gasteiger partial charge >= 0.3 is 0 Å². The molecule has 0 fully saturated rings. The fourth-order valence-corrected chi connectivity index (χ4v) is 3.37. The molecule has 0 saturated carbocycles. The van der Waals surface area contributed by atoms with Crippen molar-refractivity contribution in [2.75, 3.05) is 26.0 Å². The number of thioether (sulfide) groups is 1. The fourth-order valence-electron chi connectivity index (χ4n) is 2.65. The van der Waals surface area contributed by atoms with Crippen LogP contribution in [0.15, 0.2) is 47.6 Å². The van der Waals surface area contributed by atoms with Crippen molar-refractivity contribution >= 4 is 17.7 Å². The lowest BCUT2D eigenvalue weighted by molar-refractivity contribution is -0.118. The van der Waals surface area contributed by atoms with Crippen LogP contribution in [0.3, 0.4) is 0 Å². The number of carbonyl (C=O) groups excluding carboxylic acids is 1. The molecule has 0 aliphatic carbocycles. The maximum atomic E-state index is 12.1. The summed E-state index contributed by atoms with van der Waals surface area (Å²) in [4.78, 5) is 12.1. The Kier molecular flexibility index (Phi) is 7.07. The Morgan fingerprint density at radius 1 is 1.17 bits per heavy atom. The molecule has 9 heteroatoms. The number of aryl methyl sites for hydroxylation is 2. The first-order valence-corrected chi connectivity index (χ1v) is 10.1. The van der Waals surface area contributed by atoms with Gasteiger partial charge in [0.25, 0.3) is 0 Å². The summed E-state index contributed by atoms with van der Waals surface area (Å²) < 4.78 is 12.5. The number of nitrogens with one attached hydrogen (secondary N) is 1. The van der Waals surface area contributed by atoms with E-state index >= 15 is 0 Å². The van der Waals surface area contributed by atoms with Gasteiger partial charge in [0.15, 0.2) is 0 Å². The summed E-state index contributed by atoms with van der Waals surface area (Å²) in [7, 11) is 1.61. The molecule has 1 heterocycles. The van der Waals surface area contributed by atoms with E-state index in [1.165, 1.54) is 17.3 Å². The maximum absolute atomic E-state index is 12.1. The number of hydrogen-bond acceptors (Lipinski definition) is 7. The molecule has 29 heavy (non-hydrogen) atoms. The quantitative estimate of drug-likeness (QED) is 0.426. The third kappa shape index (κ3) is 5.71. The Morgan fingerprint density at radius 3 is 2.69 bits per heavy atom. The van der Waals surface area contributed by atoms with Gasteiger partial charge in [-0.3, -0.25) is 4.79 Å². The Hall–Kier alpha value is -3.07. The topological polar surface area (TPSA) is 91.2 Å². The number of amides is 1. The molecular weight excluding hydrogens is 390 g/mol. The van der Waals surface area contributed by atoms with Gasteiger partial charge < -0.3 is 14.8 Å². The minimum atomic E-state index is -0.108. The van der Waals surface area contributed by atoms with E-state index in [9.17, 15) is 4.79 Å². The minimum absolute atomic E-state index is 0.108. The molecule has 0 radical (unpaired) electrons. The van der Waals surface area contributed by atoms with Gasteiger partial charge in [-0.2, -0.15) is 4.68 Å². The second kappa shape index (κ2) is 9.92. The number of tetrazole rings is 1. The number of nitrogens with zero attached hydrogens (tertiary/aromatic N) is 4. The Morgan fingerprint density at radius 2 is 1.97 bits per heavy atom. The largest absolute Gasteiger partial charge is 0.497 e. The normalized spacial score (nSPS) is 10.6. The fraction of sp³-hybridized carbons (Fsp3) is 0.300. The standard InChI is InChI=1S/C20H23N5O3S/c1-14-4-9-18(15(2)12-14)28-11-10-21-19(26)13-29-20-22-23-24-25(20)16-5-7-17(27-3)8-6-16/h4-9,12H,10-11,13H2,1-3H3,(H,21,26). The lowest BCUT2D eigenvalue weighted by atomic mass is 10.1. The highest BCUT2D eigenvalue weighted by atomic mass is 32.2. The van der Waals surface area contributed by atoms with Crippen molar-refractivity contribution in [3.8, 4) is 17.2 Å². The summed E-state index contributed by atoms with van der Waals surface area (Å²) in [6, 6.07) is 13.4. The highest BCUT2D eigenvalue weighted by Gasteiger charge is 2.11. The predicted molar refractivity (Wildman–Crippen MR) is 111 cm³/mol. The van der Waals surface area contributed by atoms with Crippen molar-refractivity contribution < 1.29 is 14.3 Å². The van der Waals surface area contributed by atoms with Crippen LogP contribution >= 0.6 is 11.8 Å². The van der Waals surface area contributed by atoms with E-state index in [4.69, 9.17) is 9.47 Å². The maximum Gasteiger partial charge on any atom is 0.230 e. The second-order valence-corrected chi connectivity index (χ2v) is 7.27. The third-order valence-corrected chi connectivity index (χ3v) is 5.02. The lowest BCUT2D eigenvalue weighted by Crippen LogP contribution is -2.29. The van der Waals surface area contributed by atoms with Crippen LogP contribution < -0.4 is 14.8 Å². The van der Waals surface area contributed by atoms with Crippen LogP contribution in [0, 0.1) is 13.8 Å². The lowest BCUT2D eigenvalue weighted by Gasteiger charge is -2.10. The van der Waals surface area contributed by atoms with Gasteiger partial charge in [0.2, 0.25) is 11.1 Å². The molecule has 8 nitrogen and oxygen atoms in total. The predicted octanol–water partition coefficient (Wildman–Crippen LogP) is 2.58. The van der Waals surface area contributed by atoms with E-state index < -0.39 is 0 Å². The summed E-state index contributed by atoms with van der Waals surface area (Å²) in [5, 5.41) is 15.1. The number of hydrogen-bond donors (Lipinski definition) is 1. The molecule has 3 rings (SSSR count). The zero-order valence-corrected chi connectivity index (χ0v) is 17.4. The SMILES string of the molecule is COc1ccc(-n2nnnc2SCC(=O)NCCOc2ccc(C)cc2C)cc1. The van der Waals surface area contributed by atoms with Crippen LogP contribution in [0.4, 0.5) is 0 Å². The zero-order valence-electron chi connectivity index (χ0n) is 16.6. The molecule has 0 saturated heterocycles. The molecule has 0 spiro atoms. The summed E-state index contributed by atoms with van der Waals surface area (Å²) >= 11 is 1.27. The summed E-state index contributed by atoms with van der Waals surface area (Å²) in [6.07, 6.45) is 0. The van der Waals surface area contributed by atoms with E-state index in [1.54, 1.807) is 11.8 Å². The van der Waals surface area contributed by atoms with Crippen molar-refractivity contribution in [3.05, 3.63) is 53.6 Å². The highest BCUT2D eigenvalue weighted by molar-refractivity contribution is 7.99. The molecule has 3 aromatic rings. The number of benzene rings is 2. The van der Waals surface area contributed by atoms with Gasteiger partial charge in [0, 0.05) is 0 Å². The highest BCUT2D eigenvalue weighted by Crippen LogP contribution is 2.20. The van der Waals surface area contributed by atoms with E-state index in [0.29, 0.717) is 18.3 Å². The number of rotatable bonds is 9. The molecule has 1 amide bonds. The molecule has 1 N–H and O–H groups in total.